The Balaban J connectivity index is 0.000000238. The smallest absolute Gasteiger partial charge is 0.305 e. The van der Waals surface area contributed by atoms with Crippen LogP contribution in [0.1, 0.15) is 56.2 Å². The Morgan fingerprint density at radius 2 is 1.51 bits per heavy atom. The van der Waals surface area contributed by atoms with E-state index in [0.717, 1.165) is 38.2 Å². The zero-order chi connectivity index (χ0) is 36.6. The number of benzene rings is 5. The molecule has 1 fully saturated rings. The molecule has 0 aliphatic heterocycles. The summed E-state index contributed by atoms with van der Waals surface area (Å²) in [6.07, 6.45) is 7.23. The third-order valence-corrected chi connectivity index (χ3v) is 14.1. The number of rotatable bonds is 6. The van der Waals surface area contributed by atoms with Crippen molar-refractivity contribution in [2.24, 2.45) is 5.92 Å². The summed E-state index contributed by atoms with van der Waals surface area (Å²) >= 11 is 1.76. The van der Waals surface area contributed by atoms with E-state index in [-0.39, 0.29) is 31.3 Å². The number of hydrogen-bond acceptors (Lipinski definition) is 2. The van der Waals surface area contributed by atoms with Crippen LogP contribution in [0.5, 0.6) is 0 Å². The molecule has 7 aromatic rings. The monoisotopic (exact) mass is 909 g/mol. The van der Waals surface area contributed by atoms with Crippen molar-refractivity contribution in [2.45, 2.75) is 78.4 Å². The summed E-state index contributed by atoms with van der Waals surface area (Å²) in [5, 5.41) is 3.86. The number of aromatic nitrogens is 1. The van der Waals surface area contributed by atoms with Crippen molar-refractivity contribution in [3.63, 3.8) is 0 Å². The topological polar surface area (TPSA) is 12.9 Å². The molecule has 5 aromatic carbocycles. The van der Waals surface area contributed by atoms with E-state index >= 15 is 0 Å². The molecule has 0 atom stereocenters. The second-order valence-corrected chi connectivity index (χ2v) is 22.1. The van der Waals surface area contributed by atoms with Crippen molar-refractivity contribution in [3.8, 4) is 33.5 Å². The van der Waals surface area contributed by atoms with Gasteiger partial charge in [-0.05, 0) is 88.2 Å². The molecule has 2 heterocycles. The molecule has 0 unspecified atom stereocenters. The Morgan fingerprint density at radius 1 is 0.811 bits per heavy atom. The molecule has 53 heavy (non-hydrogen) atoms. The molecular weight excluding hydrogens is 862 g/mol. The van der Waals surface area contributed by atoms with Gasteiger partial charge in [-0.2, -0.15) is 59.9 Å². The van der Waals surface area contributed by atoms with Gasteiger partial charge in [0.25, 0.3) is 0 Å². The van der Waals surface area contributed by atoms with Crippen molar-refractivity contribution in [3.05, 3.63) is 144 Å². The number of pyridine rings is 1. The number of hydrogen-bond donors (Lipinski definition) is 0. The first kappa shape index (κ1) is 39.0. The van der Waals surface area contributed by atoms with Crippen LogP contribution in [0.15, 0.2) is 103 Å². The van der Waals surface area contributed by atoms with E-state index in [2.05, 4.69) is 118 Å². The first-order valence-electron chi connectivity index (χ1n) is 18.5. The van der Waals surface area contributed by atoms with Crippen LogP contribution in [0.25, 0.3) is 53.7 Å². The van der Waals surface area contributed by atoms with Gasteiger partial charge in [0, 0.05) is 19.0 Å². The van der Waals surface area contributed by atoms with Crippen molar-refractivity contribution in [1.82, 2.24) is 4.98 Å². The molecule has 270 valence electrons. The van der Waals surface area contributed by atoms with E-state index in [9.17, 15) is 4.39 Å². The van der Waals surface area contributed by atoms with E-state index in [4.69, 9.17) is 4.98 Å². The molecule has 5 heteroatoms. The van der Waals surface area contributed by atoms with Crippen LogP contribution in [0.4, 0.5) is 4.39 Å². The molecule has 8 rings (SSSR count). The van der Waals surface area contributed by atoms with E-state index in [1.54, 1.807) is 11.3 Å². The summed E-state index contributed by atoms with van der Waals surface area (Å²) in [4.78, 5) is 4.81. The van der Waals surface area contributed by atoms with Gasteiger partial charge in [-0.3, -0.25) is 0 Å². The maximum Gasteiger partial charge on any atom is 3.00 e. The summed E-state index contributed by atoms with van der Waals surface area (Å²) in [5.74, 6) is 0.582. The van der Waals surface area contributed by atoms with Crippen molar-refractivity contribution >= 4 is 44.8 Å². The second-order valence-electron chi connectivity index (χ2n) is 16.0. The van der Waals surface area contributed by atoms with Gasteiger partial charge in [0.15, 0.2) is 0 Å². The predicted octanol–water partition coefficient (Wildman–Crippen LogP) is 13.3. The Hall–Kier alpha value is -3.73. The average Bonchev–Trinajstić information content (AvgIpc) is 3.83. The van der Waals surface area contributed by atoms with Crippen LogP contribution in [0.2, 0.25) is 19.6 Å². The molecule has 1 nitrogen and oxygen atoms in total. The predicted molar refractivity (Wildman–Crippen MR) is 224 cm³/mol. The van der Waals surface area contributed by atoms with Gasteiger partial charge < -0.3 is 4.98 Å². The van der Waals surface area contributed by atoms with Gasteiger partial charge in [-0.25, -0.2) is 15.5 Å². The average molecular weight is 909 g/mol. The van der Waals surface area contributed by atoms with Gasteiger partial charge in [0.1, 0.15) is 5.82 Å². The standard InChI is InChI=1S/C33H31FNS.C15H16Si.Ir/c1-20-15-22(16-21(2)32(20)34)27-17-23(18-30-31(27)26-11-7-8-12-29(26)36-30)28-19-25(13-14-35-28)33(3,4)24-9-5-6-10-24;1-16(2,3)15-11-9-14(10-12-15)13-7-5-4-6-8-13;/h7-8,11-17,19,24H,5-6,9-10H2,1-4H3;4-7,9,11-12H,1-3H3;/q-1;-2;+3. The summed E-state index contributed by atoms with van der Waals surface area (Å²) in [6.45, 7) is 15.5. The number of aryl methyl sites for hydroxylation is 2. The van der Waals surface area contributed by atoms with Crippen LogP contribution in [0.3, 0.4) is 0 Å². The summed E-state index contributed by atoms with van der Waals surface area (Å²) in [7, 11) is -1.20. The van der Waals surface area contributed by atoms with Gasteiger partial charge in [0.2, 0.25) is 0 Å². The second kappa shape index (κ2) is 15.9. The van der Waals surface area contributed by atoms with E-state index in [0.29, 0.717) is 17.0 Å². The van der Waals surface area contributed by atoms with Gasteiger partial charge >= 0.3 is 20.1 Å². The molecule has 1 saturated carbocycles. The summed E-state index contributed by atoms with van der Waals surface area (Å²) < 4.78 is 16.9. The normalized spacial score (nSPS) is 13.5. The Bertz CT molecular complexity index is 2330. The third kappa shape index (κ3) is 8.20. The maximum absolute atomic E-state index is 14.5. The molecule has 0 spiro atoms. The van der Waals surface area contributed by atoms with Gasteiger partial charge in [-0.15, -0.1) is 28.9 Å². The Labute approximate surface area is 334 Å². The number of thiophene rings is 1. The van der Waals surface area contributed by atoms with E-state index in [1.807, 2.05) is 50.4 Å². The molecule has 2 aromatic heterocycles. The minimum atomic E-state index is -1.20. The fraction of sp³-hybridized carbons (Fsp3) is 0.271. The minimum absolute atomic E-state index is 0. The van der Waals surface area contributed by atoms with Crippen LogP contribution in [0, 0.1) is 43.8 Å². The van der Waals surface area contributed by atoms with Crippen LogP contribution in [-0.2, 0) is 25.5 Å². The van der Waals surface area contributed by atoms with Gasteiger partial charge in [-0.1, -0.05) is 93.7 Å². The van der Waals surface area contributed by atoms with Crippen LogP contribution < -0.4 is 5.19 Å². The van der Waals surface area contributed by atoms with E-state index in [1.165, 1.54) is 51.9 Å². The Kier molecular flexibility index (Phi) is 11.7. The molecule has 1 aliphatic carbocycles. The van der Waals surface area contributed by atoms with Gasteiger partial charge in [0.05, 0.1) is 0 Å². The molecule has 0 saturated heterocycles. The SMILES string of the molecule is C[Si](C)(C)c1c[c-]c(-c2[c-]cccc2)cc1.Cc1cc(-c2cc(-c3cc(C(C)(C)C4CCCC4)ccn3)[c-]c3sc4ccccc4c23)cc(C)c1F.[Ir+3]. The van der Waals surface area contributed by atoms with Crippen molar-refractivity contribution in [2.75, 3.05) is 0 Å². The molecule has 0 amide bonds. The fourth-order valence-corrected chi connectivity index (χ4v) is 9.94. The third-order valence-electron chi connectivity index (χ3n) is 11.0. The first-order valence-corrected chi connectivity index (χ1v) is 22.8. The summed E-state index contributed by atoms with van der Waals surface area (Å²) in [6, 6.07) is 44.0. The number of halogens is 1. The van der Waals surface area contributed by atoms with E-state index < -0.39 is 8.07 Å². The number of nitrogens with zero attached hydrogens (tertiary/aromatic N) is 1. The zero-order valence-electron chi connectivity index (χ0n) is 31.8. The molecule has 0 bridgehead atoms. The van der Waals surface area contributed by atoms with Crippen molar-refractivity contribution < 1.29 is 24.5 Å². The molecule has 1 aliphatic rings. The molecule has 0 radical (unpaired) electrons. The molecular formula is C48H47FIrNSSi. The Morgan fingerprint density at radius 3 is 2.17 bits per heavy atom. The van der Waals surface area contributed by atoms with Crippen LogP contribution >= 0.6 is 11.3 Å². The summed E-state index contributed by atoms with van der Waals surface area (Å²) in [5.41, 5.74) is 9.15. The van der Waals surface area contributed by atoms with Crippen LogP contribution in [-0.4, -0.2) is 13.1 Å². The largest absolute Gasteiger partial charge is 3.00 e. The maximum atomic E-state index is 14.5. The first-order chi connectivity index (χ1) is 24.9. The number of fused-ring (bicyclic) bond motifs is 3. The molecule has 0 N–H and O–H groups in total. The zero-order valence-corrected chi connectivity index (χ0v) is 36.0. The quantitative estimate of drug-likeness (QED) is 0.120. The van der Waals surface area contributed by atoms with Crippen molar-refractivity contribution in [1.29, 1.82) is 0 Å². The fourth-order valence-electron chi connectivity index (χ4n) is 7.72. The minimum Gasteiger partial charge on any atom is -0.305 e.